The zero-order valence-corrected chi connectivity index (χ0v) is 15.2. The molecule has 0 aliphatic carbocycles. The molecule has 0 aliphatic rings. The number of para-hydroxylation sites is 1. The van der Waals surface area contributed by atoms with Crippen LogP contribution in [0.15, 0.2) is 52.2 Å². The number of nitrogens with one attached hydrogen (secondary N) is 1. The number of hydrogen-bond acceptors (Lipinski definition) is 5. The van der Waals surface area contributed by atoms with Crippen LogP contribution in [0.4, 0.5) is 5.69 Å². The highest BCUT2D eigenvalue weighted by Crippen LogP contribution is 2.25. The van der Waals surface area contributed by atoms with E-state index in [2.05, 4.69) is 29.4 Å². The van der Waals surface area contributed by atoms with Crippen LogP contribution >= 0.6 is 11.8 Å². The number of nitrogens with zero attached hydrogens (tertiary/aromatic N) is 3. The third kappa shape index (κ3) is 3.93. The Morgan fingerprint density at radius 3 is 2.76 bits per heavy atom. The summed E-state index contributed by atoms with van der Waals surface area (Å²) in [6.07, 6.45) is 1.59. The summed E-state index contributed by atoms with van der Waals surface area (Å²) in [4.78, 5) is 12.3. The average molecular weight is 356 g/mol. The third-order valence-corrected chi connectivity index (χ3v) is 4.79. The molecule has 0 unspecified atom stereocenters. The fourth-order valence-electron chi connectivity index (χ4n) is 2.49. The summed E-state index contributed by atoms with van der Waals surface area (Å²) in [7, 11) is 1.85. The summed E-state index contributed by atoms with van der Waals surface area (Å²) in [5.41, 5.74) is 1.98. The van der Waals surface area contributed by atoms with Crippen LogP contribution in [-0.2, 0) is 11.8 Å². The van der Waals surface area contributed by atoms with E-state index in [9.17, 15) is 4.79 Å². The van der Waals surface area contributed by atoms with Gasteiger partial charge in [-0.1, -0.05) is 43.8 Å². The molecule has 1 N–H and O–H groups in total. The first-order chi connectivity index (χ1) is 12.1. The molecule has 0 saturated carbocycles. The van der Waals surface area contributed by atoms with E-state index in [4.69, 9.17) is 4.42 Å². The molecule has 2 aromatic heterocycles. The van der Waals surface area contributed by atoms with Gasteiger partial charge in [-0.2, -0.15) is 0 Å². The molecule has 7 heteroatoms. The van der Waals surface area contributed by atoms with Crippen molar-refractivity contribution < 1.29 is 9.21 Å². The Morgan fingerprint density at radius 2 is 2.04 bits per heavy atom. The zero-order valence-electron chi connectivity index (χ0n) is 14.4. The SMILES string of the molecule is CC(C)c1ccccc1NC(=O)CSc1nnc(-c2ccco2)n1C. The first-order valence-corrected chi connectivity index (χ1v) is 8.99. The Kier molecular flexibility index (Phi) is 5.23. The summed E-state index contributed by atoms with van der Waals surface area (Å²) in [6, 6.07) is 11.5. The third-order valence-electron chi connectivity index (χ3n) is 3.77. The van der Waals surface area contributed by atoms with Crippen molar-refractivity contribution in [2.45, 2.75) is 24.9 Å². The Morgan fingerprint density at radius 1 is 1.24 bits per heavy atom. The fourth-order valence-corrected chi connectivity index (χ4v) is 3.20. The number of carbonyl (C=O) groups is 1. The van der Waals surface area contributed by atoms with Gasteiger partial charge < -0.3 is 14.3 Å². The predicted molar refractivity (Wildman–Crippen MR) is 98.6 cm³/mol. The second-order valence-electron chi connectivity index (χ2n) is 5.92. The van der Waals surface area contributed by atoms with E-state index in [1.165, 1.54) is 11.8 Å². The Bertz CT molecular complexity index is 856. The van der Waals surface area contributed by atoms with Crippen molar-refractivity contribution >= 4 is 23.4 Å². The molecule has 1 amide bonds. The van der Waals surface area contributed by atoms with Gasteiger partial charge >= 0.3 is 0 Å². The highest BCUT2D eigenvalue weighted by molar-refractivity contribution is 7.99. The van der Waals surface area contributed by atoms with Crippen LogP contribution in [0.5, 0.6) is 0 Å². The van der Waals surface area contributed by atoms with Gasteiger partial charge in [-0.25, -0.2) is 0 Å². The Balaban J connectivity index is 1.64. The number of carbonyl (C=O) groups excluding carboxylic acids is 1. The largest absolute Gasteiger partial charge is 0.461 e. The zero-order chi connectivity index (χ0) is 17.8. The number of rotatable bonds is 6. The van der Waals surface area contributed by atoms with Crippen LogP contribution in [0.1, 0.15) is 25.3 Å². The lowest BCUT2D eigenvalue weighted by Crippen LogP contribution is -2.16. The van der Waals surface area contributed by atoms with Gasteiger partial charge in [0.15, 0.2) is 16.7 Å². The van der Waals surface area contributed by atoms with Gasteiger partial charge in [0.1, 0.15) is 0 Å². The summed E-state index contributed by atoms with van der Waals surface area (Å²) >= 11 is 1.34. The van der Waals surface area contributed by atoms with Crippen molar-refractivity contribution in [1.82, 2.24) is 14.8 Å². The number of thioether (sulfide) groups is 1. The van der Waals surface area contributed by atoms with E-state index in [0.29, 0.717) is 22.7 Å². The van der Waals surface area contributed by atoms with Gasteiger partial charge in [0.25, 0.3) is 0 Å². The van der Waals surface area contributed by atoms with Crippen LogP contribution < -0.4 is 5.32 Å². The van der Waals surface area contributed by atoms with Gasteiger partial charge in [0.05, 0.1) is 12.0 Å². The van der Waals surface area contributed by atoms with E-state index in [1.54, 1.807) is 12.3 Å². The lowest BCUT2D eigenvalue weighted by molar-refractivity contribution is -0.113. The van der Waals surface area contributed by atoms with E-state index in [-0.39, 0.29) is 11.7 Å². The summed E-state index contributed by atoms with van der Waals surface area (Å²) in [6.45, 7) is 4.21. The molecule has 0 spiro atoms. The molecule has 1 aromatic carbocycles. The molecule has 2 heterocycles. The van der Waals surface area contributed by atoms with Gasteiger partial charge in [-0.05, 0) is 29.7 Å². The van der Waals surface area contributed by atoms with Crippen molar-refractivity contribution in [2.75, 3.05) is 11.1 Å². The normalized spacial score (nSPS) is 11.0. The topological polar surface area (TPSA) is 73.0 Å². The Hall–Kier alpha value is -2.54. The summed E-state index contributed by atoms with van der Waals surface area (Å²) < 4.78 is 7.16. The van der Waals surface area contributed by atoms with Crippen molar-refractivity contribution in [3.05, 3.63) is 48.2 Å². The molecular formula is C18H20N4O2S. The molecule has 0 radical (unpaired) electrons. The van der Waals surface area contributed by atoms with Crippen molar-refractivity contribution in [2.24, 2.45) is 7.05 Å². The maximum absolute atomic E-state index is 12.3. The van der Waals surface area contributed by atoms with Crippen LogP contribution in [0.2, 0.25) is 0 Å². The smallest absolute Gasteiger partial charge is 0.234 e. The van der Waals surface area contributed by atoms with Crippen LogP contribution in [0, 0.1) is 0 Å². The molecule has 130 valence electrons. The first-order valence-electron chi connectivity index (χ1n) is 8.01. The molecular weight excluding hydrogens is 336 g/mol. The van der Waals surface area contributed by atoms with E-state index in [0.717, 1.165) is 11.3 Å². The lowest BCUT2D eigenvalue weighted by atomic mass is 10.0. The minimum Gasteiger partial charge on any atom is -0.461 e. The van der Waals surface area contributed by atoms with Gasteiger partial charge in [0, 0.05) is 12.7 Å². The highest BCUT2D eigenvalue weighted by Gasteiger charge is 2.15. The minimum absolute atomic E-state index is 0.0688. The first kappa shape index (κ1) is 17.3. The maximum Gasteiger partial charge on any atom is 0.234 e. The molecule has 25 heavy (non-hydrogen) atoms. The standard InChI is InChI=1S/C18H20N4O2S/c1-12(2)13-7-4-5-8-14(13)19-16(23)11-25-18-21-20-17(22(18)3)15-9-6-10-24-15/h4-10,12H,11H2,1-3H3,(H,19,23). The van der Waals surface area contributed by atoms with E-state index in [1.807, 2.05) is 41.9 Å². The van der Waals surface area contributed by atoms with Gasteiger partial charge in [0.2, 0.25) is 5.91 Å². The molecule has 0 aliphatic heterocycles. The summed E-state index contributed by atoms with van der Waals surface area (Å²) in [5, 5.41) is 11.9. The van der Waals surface area contributed by atoms with E-state index >= 15 is 0 Å². The van der Waals surface area contributed by atoms with Gasteiger partial charge in [-0.3, -0.25) is 4.79 Å². The predicted octanol–water partition coefficient (Wildman–Crippen LogP) is 3.93. The number of furan rings is 1. The van der Waals surface area contributed by atoms with Crippen molar-refractivity contribution in [1.29, 1.82) is 0 Å². The van der Waals surface area contributed by atoms with Crippen molar-refractivity contribution in [3.63, 3.8) is 0 Å². The molecule has 0 fully saturated rings. The molecule has 0 atom stereocenters. The van der Waals surface area contributed by atoms with Gasteiger partial charge in [-0.15, -0.1) is 10.2 Å². The van der Waals surface area contributed by atoms with E-state index < -0.39 is 0 Å². The number of benzene rings is 1. The lowest BCUT2D eigenvalue weighted by Gasteiger charge is -2.13. The second-order valence-corrected chi connectivity index (χ2v) is 6.86. The summed E-state index contributed by atoms with van der Waals surface area (Å²) in [5.74, 6) is 1.82. The average Bonchev–Trinajstić information content (AvgIpc) is 3.23. The molecule has 6 nitrogen and oxygen atoms in total. The number of hydrogen-bond donors (Lipinski definition) is 1. The monoisotopic (exact) mass is 356 g/mol. The highest BCUT2D eigenvalue weighted by atomic mass is 32.2. The van der Waals surface area contributed by atoms with Crippen LogP contribution in [0.3, 0.4) is 0 Å². The number of anilines is 1. The number of amides is 1. The van der Waals surface area contributed by atoms with Crippen LogP contribution in [0.25, 0.3) is 11.6 Å². The fraction of sp³-hybridized carbons (Fsp3) is 0.278. The molecule has 3 rings (SSSR count). The number of aromatic nitrogens is 3. The molecule has 3 aromatic rings. The quantitative estimate of drug-likeness (QED) is 0.678. The molecule has 0 bridgehead atoms. The Labute approximate surface area is 150 Å². The minimum atomic E-state index is -0.0688. The second kappa shape index (κ2) is 7.57. The van der Waals surface area contributed by atoms with Crippen LogP contribution in [-0.4, -0.2) is 26.4 Å². The molecule has 0 saturated heterocycles. The van der Waals surface area contributed by atoms with Crippen molar-refractivity contribution in [3.8, 4) is 11.6 Å². The maximum atomic E-state index is 12.3.